The first-order chi connectivity index (χ1) is 10.1. The van der Waals surface area contributed by atoms with E-state index in [1.54, 1.807) is 0 Å². The van der Waals surface area contributed by atoms with Crippen LogP contribution >= 0.6 is 12.2 Å². The van der Waals surface area contributed by atoms with Gasteiger partial charge in [0.1, 0.15) is 4.99 Å². The minimum Gasteiger partial charge on any atom is -0.389 e. The van der Waals surface area contributed by atoms with Gasteiger partial charge < -0.3 is 15.8 Å². The number of hydrogen-bond donors (Lipinski definition) is 2. The van der Waals surface area contributed by atoms with Crippen molar-refractivity contribution in [3.8, 4) is 0 Å². The first-order valence-corrected chi connectivity index (χ1v) is 7.67. The fraction of sp³-hybridized carbons (Fsp3) is 0.353. The van der Waals surface area contributed by atoms with Crippen LogP contribution in [0.5, 0.6) is 0 Å². The van der Waals surface area contributed by atoms with Crippen LogP contribution in [0.4, 0.5) is 5.69 Å². The fourth-order valence-electron chi connectivity index (χ4n) is 2.98. The summed E-state index contributed by atoms with van der Waals surface area (Å²) in [6.07, 6.45) is 2.20. The van der Waals surface area contributed by atoms with Crippen LogP contribution in [0.1, 0.15) is 25.3 Å². The van der Waals surface area contributed by atoms with Crippen molar-refractivity contribution < 1.29 is 4.74 Å². The smallest absolute Gasteiger partial charge is 0.104 e. The van der Waals surface area contributed by atoms with Gasteiger partial charge in [0.15, 0.2) is 0 Å². The van der Waals surface area contributed by atoms with Crippen molar-refractivity contribution in [3.63, 3.8) is 0 Å². The molecule has 0 amide bonds. The molecule has 0 aliphatic carbocycles. The Morgan fingerprint density at radius 3 is 2.67 bits per heavy atom. The van der Waals surface area contributed by atoms with Gasteiger partial charge in [0.2, 0.25) is 0 Å². The zero-order valence-electron chi connectivity index (χ0n) is 12.2. The first-order valence-electron chi connectivity index (χ1n) is 7.27. The Bertz CT molecular complexity index is 678. The Hall–Kier alpha value is -1.65. The molecule has 110 valence electrons. The number of thiocarbonyl (C=S) groups is 1. The van der Waals surface area contributed by atoms with Crippen LogP contribution in [0, 0.1) is 0 Å². The zero-order valence-corrected chi connectivity index (χ0v) is 13.0. The van der Waals surface area contributed by atoms with Crippen molar-refractivity contribution in [3.05, 3.63) is 42.0 Å². The molecule has 21 heavy (non-hydrogen) atoms. The van der Waals surface area contributed by atoms with Crippen LogP contribution in [-0.4, -0.2) is 23.7 Å². The third kappa shape index (κ3) is 2.87. The summed E-state index contributed by atoms with van der Waals surface area (Å²) in [7, 11) is 0. The first kappa shape index (κ1) is 14.3. The zero-order chi connectivity index (χ0) is 14.9. The topological polar surface area (TPSA) is 47.3 Å². The lowest BCUT2D eigenvalue weighted by atomic mass is 9.93. The summed E-state index contributed by atoms with van der Waals surface area (Å²) < 4.78 is 5.63. The molecular weight excluding hydrogens is 280 g/mol. The molecule has 2 aromatic rings. The minimum absolute atomic E-state index is 0.0221. The summed E-state index contributed by atoms with van der Waals surface area (Å²) in [4.78, 5) is 0.435. The number of hydrogen-bond acceptors (Lipinski definition) is 3. The van der Waals surface area contributed by atoms with Gasteiger partial charge in [-0.3, -0.25) is 0 Å². The van der Waals surface area contributed by atoms with Gasteiger partial charge in [-0.2, -0.15) is 0 Å². The second-order valence-corrected chi connectivity index (χ2v) is 6.35. The molecule has 0 bridgehead atoms. The molecule has 2 aromatic carbocycles. The van der Waals surface area contributed by atoms with E-state index in [0.717, 1.165) is 48.1 Å². The summed E-state index contributed by atoms with van der Waals surface area (Å²) in [6.45, 7) is 3.80. The molecule has 1 aliphatic rings. The highest BCUT2D eigenvalue weighted by Gasteiger charge is 2.27. The second-order valence-electron chi connectivity index (χ2n) is 5.91. The lowest BCUT2D eigenvalue weighted by Gasteiger charge is -2.35. The van der Waals surface area contributed by atoms with Crippen molar-refractivity contribution in [1.29, 1.82) is 0 Å². The summed E-state index contributed by atoms with van der Waals surface area (Å²) in [6, 6.07) is 12.3. The number of anilines is 1. The van der Waals surface area contributed by atoms with Crippen molar-refractivity contribution >= 4 is 33.7 Å². The van der Waals surface area contributed by atoms with E-state index >= 15 is 0 Å². The summed E-state index contributed by atoms with van der Waals surface area (Å²) >= 11 is 5.15. The normalized spacial score (nSPS) is 22.1. The number of fused-ring (bicyclic) bond motifs is 1. The molecule has 0 radical (unpaired) electrons. The Balaban J connectivity index is 2.03. The summed E-state index contributed by atoms with van der Waals surface area (Å²) in [5.74, 6) is 0. The van der Waals surface area contributed by atoms with Crippen molar-refractivity contribution in [2.75, 3.05) is 18.5 Å². The van der Waals surface area contributed by atoms with Crippen molar-refractivity contribution in [1.82, 2.24) is 0 Å². The van der Waals surface area contributed by atoms with Crippen molar-refractivity contribution in [2.45, 2.75) is 25.3 Å². The number of rotatable bonds is 3. The van der Waals surface area contributed by atoms with Gasteiger partial charge in [0.05, 0.1) is 12.1 Å². The van der Waals surface area contributed by atoms with Gasteiger partial charge in [-0.05, 0) is 37.3 Å². The molecule has 4 heteroatoms. The number of benzene rings is 2. The largest absolute Gasteiger partial charge is 0.389 e. The highest BCUT2D eigenvalue weighted by Crippen LogP contribution is 2.31. The highest BCUT2D eigenvalue weighted by molar-refractivity contribution is 7.80. The van der Waals surface area contributed by atoms with E-state index < -0.39 is 0 Å². The van der Waals surface area contributed by atoms with Gasteiger partial charge in [-0.25, -0.2) is 0 Å². The molecule has 3 nitrogen and oxygen atoms in total. The van der Waals surface area contributed by atoms with E-state index in [2.05, 4.69) is 30.4 Å². The van der Waals surface area contributed by atoms with Gasteiger partial charge in [0, 0.05) is 23.2 Å². The molecule has 1 heterocycles. The predicted octanol–water partition coefficient (Wildman–Crippen LogP) is 3.46. The second kappa shape index (κ2) is 5.62. The SMILES string of the molecule is CC1(Nc2ccc(C(N)=S)c3ccccc23)CCCOC1. The van der Waals surface area contributed by atoms with Gasteiger partial charge >= 0.3 is 0 Å². The quantitative estimate of drug-likeness (QED) is 0.852. The Morgan fingerprint density at radius 2 is 2.00 bits per heavy atom. The molecule has 1 fully saturated rings. The van der Waals surface area contributed by atoms with E-state index in [0.29, 0.717) is 4.99 Å². The summed E-state index contributed by atoms with van der Waals surface area (Å²) in [5.41, 5.74) is 7.85. The maximum Gasteiger partial charge on any atom is 0.104 e. The van der Waals surface area contributed by atoms with E-state index in [1.807, 2.05) is 18.2 Å². The van der Waals surface area contributed by atoms with Gasteiger partial charge in [-0.1, -0.05) is 36.5 Å². The predicted molar refractivity (Wildman–Crippen MR) is 91.9 cm³/mol. The molecule has 0 spiro atoms. The summed E-state index contributed by atoms with van der Waals surface area (Å²) in [5, 5.41) is 5.90. The molecular formula is C17H20N2OS. The van der Waals surface area contributed by atoms with Crippen molar-refractivity contribution in [2.24, 2.45) is 5.73 Å². The van der Waals surface area contributed by atoms with Crippen LogP contribution < -0.4 is 11.1 Å². The van der Waals surface area contributed by atoms with E-state index in [9.17, 15) is 0 Å². The van der Waals surface area contributed by atoms with E-state index in [-0.39, 0.29) is 5.54 Å². The lowest BCUT2D eigenvalue weighted by Crippen LogP contribution is -2.43. The molecule has 1 atom stereocenters. The maximum atomic E-state index is 5.83. The Labute approximate surface area is 130 Å². The highest BCUT2D eigenvalue weighted by atomic mass is 32.1. The molecule has 3 rings (SSSR count). The average molecular weight is 300 g/mol. The van der Waals surface area contributed by atoms with E-state index in [1.165, 1.54) is 0 Å². The molecule has 1 aliphatic heterocycles. The lowest BCUT2D eigenvalue weighted by molar-refractivity contribution is 0.0541. The third-order valence-corrected chi connectivity index (χ3v) is 4.28. The van der Waals surface area contributed by atoms with Gasteiger partial charge in [-0.15, -0.1) is 0 Å². The Kier molecular flexibility index (Phi) is 3.83. The number of ether oxygens (including phenoxy) is 1. The molecule has 1 saturated heterocycles. The minimum atomic E-state index is -0.0221. The number of nitrogens with two attached hydrogens (primary N) is 1. The standard InChI is InChI=1S/C17H20N2OS/c1-17(9-4-10-20-11-17)19-15-8-7-14(16(18)21)12-5-2-3-6-13(12)15/h2-3,5-8,19H,4,9-11H2,1H3,(H2,18,21). The monoisotopic (exact) mass is 300 g/mol. The van der Waals surface area contributed by atoms with Crippen LogP contribution in [-0.2, 0) is 4.74 Å². The third-order valence-electron chi connectivity index (χ3n) is 4.06. The van der Waals surface area contributed by atoms with Crippen LogP contribution in [0.3, 0.4) is 0 Å². The van der Waals surface area contributed by atoms with Crippen LogP contribution in [0.15, 0.2) is 36.4 Å². The maximum absolute atomic E-state index is 5.83. The van der Waals surface area contributed by atoms with E-state index in [4.69, 9.17) is 22.7 Å². The average Bonchev–Trinajstić information content (AvgIpc) is 2.47. The number of nitrogens with one attached hydrogen (secondary N) is 1. The molecule has 0 saturated carbocycles. The Morgan fingerprint density at radius 1 is 1.24 bits per heavy atom. The van der Waals surface area contributed by atoms with Crippen LogP contribution in [0.2, 0.25) is 0 Å². The molecule has 0 aromatic heterocycles. The van der Waals surface area contributed by atoms with Gasteiger partial charge in [0.25, 0.3) is 0 Å². The molecule has 1 unspecified atom stereocenters. The molecule has 3 N–H and O–H groups in total. The fourth-order valence-corrected chi connectivity index (χ4v) is 3.16. The van der Waals surface area contributed by atoms with Crippen LogP contribution in [0.25, 0.3) is 10.8 Å².